The van der Waals surface area contributed by atoms with Crippen LogP contribution in [-0.4, -0.2) is 34.7 Å². The Morgan fingerprint density at radius 1 is 1.36 bits per heavy atom. The first kappa shape index (κ1) is 15.2. The molecular weight excluding hydrogens is 316 g/mol. The maximum absolute atomic E-state index is 12.2. The molecule has 1 amide bonds. The number of hydrogen-bond donors (Lipinski definition) is 0. The number of rotatable bonds is 2. The quantitative estimate of drug-likeness (QED) is 0.613. The van der Waals surface area contributed by atoms with E-state index in [4.69, 9.17) is 4.74 Å². The molecule has 1 aromatic rings. The third-order valence-corrected chi connectivity index (χ3v) is 5.84. The second-order valence-electron chi connectivity index (χ2n) is 4.79. The number of para-hydroxylation sites is 2. The number of hydrogen-bond acceptors (Lipinski definition) is 5. The van der Waals surface area contributed by atoms with E-state index in [1.54, 1.807) is 23.4 Å². The number of carbonyl (C=O) groups excluding carboxylic acids is 1. The van der Waals surface area contributed by atoms with Crippen molar-refractivity contribution in [3.05, 3.63) is 47.2 Å². The van der Waals surface area contributed by atoms with E-state index in [1.165, 1.54) is 11.8 Å². The molecule has 0 aliphatic carbocycles. The van der Waals surface area contributed by atoms with Gasteiger partial charge in [0.25, 0.3) is 4.38 Å². The van der Waals surface area contributed by atoms with Crippen molar-refractivity contribution >= 4 is 39.5 Å². The van der Waals surface area contributed by atoms with Gasteiger partial charge in [-0.1, -0.05) is 23.9 Å². The molecule has 0 unspecified atom stereocenters. The zero-order valence-electron chi connectivity index (χ0n) is 12.7. The van der Waals surface area contributed by atoms with E-state index >= 15 is 0 Å². The number of nitrogens with zero attached hydrogens (tertiary/aromatic N) is 2. The Morgan fingerprint density at radius 2 is 2.14 bits per heavy atom. The minimum absolute atomic E-state index is 0.0322. The first-order valence-electron chi connectivity index (χ1n) is 6.99. The molecule has 114 valence electrons. The van der Waals surface area contributed by atoms with Gasteiger partial charge in [0.1, 0.15) is 12.0 Å². The summed E-state index contributed by atoms with van der Waals surface area (Å²) in [7, 11) is 1.80. The van der Waals surface area contributed by atoms with E-state index in [1.807, 2.05) is 42.7 Å². The van der Waals surface area contributed by atoms with Gasteiger partial charge in [0, 0.05) is 12.6 Å². The Balaban J connectivity index is 1.86. The van der Waals surface area contributed by atoms with Crippen LogP contribution in [0.3, 0.4) is 0 Å². The van der Waals surface area contributed by atoms with Gasteiger partial charge in [-0.2, -0.15) is 0 Å². The van der Waals surface area contributed by atoms with Crippen molar-refractivity contribution < 1.29 is 14.1 Å². The van der Waals surface area contributed by atoms with Gasteiger partial charge in [-0.05, 0) is 43.2 Å². The summed E-state index contributed by atoms with van der Waals surface area (Å²) in [5, 5.41) is 0. The zero-order valence-corrected chi connectivity index (χ0v) is 14.3. The number of benzene rings is 1. The molecule has 2 heterocycles. The highest BCUT2D eigenvalue weighted by Gasteiger charge is 2.34. The highest BCUT2D eigenvalue weighted by molar-refractivity contribution is 8.40. The van der Waals surface area contributed by atoms with Crippen LogP contribution in [0.5, 0.6) is 5.75 Å². The molecule has 0 N–H and O–H groups in total. The van der Waals surface area contributed by atoms with Crippen LogP contribution in [0.2, 0.25) is 0 Å². The molecule has 0 spiro atoms. The Hall–Kier alpha value is -1.66. The number of anilines is 1. The predicted molar refractivity (Wildman–Crippen MR) is 93.6 cm³/mol. The second kappa shape index (κ2) is 6.22. The Labute approximate surface area is 138 Å². The lowest BCUT2D eigenvalue weighted by Gasteiger charge is -2.14. The maximum Gasteiger partial charge on any atom is 0.427 e. The van der Waals surface area contributed by atoms with Gasteiger partial charge in [-0.3, -0.25) is 0 Å². The topological polar surface area (TPSA) is 32.5 Å². The predicted octanol–water partition coefficient (Wildman–Crippen LogP) is 3.27. The first-order valence-corrected chi connectivity index (χ1v) is 9.03. The monoisotopic (exact) mass is 333 g/mol. The maximum atomic E-state index is 12.2. The second-order valence-corrected chi connectivity index (χ2v) is 6.87. The van der Waals surface area contributed by atoms with E-state index in [0.29, 0.717) is 0 Å². The molecule has 22 heavy (non-hydrogen) atoms. The van der Waals surface area contributed by atoms with Crippen LogP contribution >= 0.6 is 23.5 Å². The third kappa shape index (κ3) is 2.57. The Morgan fingerprint density at radius 3 is 2.82 bits per heavy atom. The van der Waals surface area contributed by atoms with Gasteiger partial charge >= 0.3 is 5.91 Å². The molecule has 2 aliphatic rings. The Bertz CT molecular complexity index is 723. The molecule has 0 saturated carbocycles. The lowest BCUT2D eigenvalue weighted by molar-refractivity contribution is -0.406. The summed E-state index contributed by atoms with van der Waals surface area (Å²) in [6, 6.07) is 7.95. The lowest BCUT2D eigenvalue weighted by atomic mass is 10.3. The smallest absolute Gasteiger partial charge is 0.427 e. The summed E-state index contributed by atoms with van der Waals surface area (Å²) in [5.74, 6) is 1.64. The van der Waals surface area contributed by atoms with E-state index in [9.17, 15) is 4.79 Å². The minimum atomic E-state index is 0.0322. The number of allylic oxidation sites excluding steroid dienone is 2. The number of fused-ring (bicyclic) bond motifs is 1. The van der Waals surface area contributed by atoms with Crippen molar-refractivity contribution in [3.8, 4) is 5.75 Å². The molecule has 3 rings (SSSR count). The largest absolute Gasteiger partial charge is 0.439 e. The molecule has 6 heteroatoms. The molecule has 0 aromatic heterocycles. The van der Waals surface area contributed by atoms with Crippen LogP contribution in [0.4, 0.5) is 5.69 Å². The van der Waals surface area contributed by atoms with Crippen molar-refractivity contribution in [2.24, 2.45) is 0 Å². The molecule has 0 radical (unpaired) electrons. The van der Waals surface area contributed by atoms with Gasteiger partial charge in [0.15, 0.2) is 5.75 Å². The molecule has 2 aliphatic heterocycles. The van der Waals surface area contributed by atoms with Crippen molar-refractivity contribution in [1.82, 2.24) is 0 Å². The van der Waals surface area contributed by atoms with Crippen LogP contribution in [0.15, 0.2) is 47.2 Å². The van der Waals surface area contributed by atoms with E-state index < -0.39 is 0 Å². The molecule has 0 fully saturated rings. The van der Waals surface area contributed by atoms with Crippen LogP contribution in [-0.2, 0) is 4.79 Å². The highest BCUT2D eigenvalue weighted by Crippen LogP contribution is 2.38. The number of amides is 1. The molecule has 0 saturated heterocycles. The zero-order chi connectivity index (χ0) is 15.7. The minimum Gasteiger partial charge on any atom is -0.439 e. The summed E-state index contributed by atoms with van der Waals surface area (Å²) in [4.78, 5) is 15.0. The number of likely N-dealkylation sites (N-methyl/N-ethyl adjacent to an activating group) is 1. The van der Waals surface area contributed by atoms with Gasteiger partial charge in [-0.15, -0.1) is 4.58 Å². The fourth-order valence-electron chi connectivity index (χ4n) is 2.39. The highest BCUT2D eigenvalue weighted by atomic mass is 32.2. The van der Waals surface area contributed by atoms with Crippen LogP contribution in [0, 0.1) is 0 Å². The van der Waals surface area contributed by atoms with E-state index in [-0.39, 0.29) is 5.91 Å². The molecule has 0 bridgehead atoms. The molecule has 0 atom stereocenters. The van der Waals surface area contributed by atoms with Gasteiger partial charge in [0.2, 0.25) is 5.88 Å². The van der Waals surface area contributed by atoms with Crippen molar-refractivity contribution in [2.75, 3.05) is 24.7 Å². The average Bonchev–Trinajstić information content (AvgIpc) is 3.03. The van der Waals surface area contributed by atoms with Crippen molar-refractivity contribution in [1.29, 1.82) is 0 Å². The summed E-state index contributed by atoms with van der Waals surface area (Å²) >= 11 is 3.08. The summed E-state index contributed by atoms with van der Waals surface area (Å²) in [5.41, 5.74) is 1.06. The first-order chi connectivity index (χ1) is 10.7. The van der Waals surface area contributed by atoms with Crippen LogP contribution < -0.4 is 9.64 Å². The fraction of sp³-hybridized carbons (Fsp3) is 0.250. The number of carbonyl (C=O) groups is 1. The molecular formula is C16H17N2O2S2+. The SMILES string of the molecule is CCN1/C(=C/C=C2\SC(SC)=[N+](C)C2=O)Oc2ccccc21. The molecule has 1 aromatic carbocycles. The van der Waals surface area contributed by atoms with Crippen molar-refractivity contribution in [3.63, 3.8) is 0 Å². The summed E-state index contributed by atoms with van der Waals surface area (Å²) in [6.07, 6.45) is 5.69. The lowest BCUT2D eigenvalue weighted by Crippen LogP contribution is -2.19. The standard InChI is InChI=1S/C16H17N2O2S2/c1-4-18-11-7-5-6-8-12(11)20-14(18)10-9-13-15(19)17(2)16(21-3)22-13/h5-10H,4H2,1-3H3/q+1/b13-9-,14-10-. The van der Waals surface area contributed by atoms with Gasteiger partial charge in [-0.25, -0.2) is 4.79 Å². The average molecular weight is 333 g/mol. The Kier molecular flexibility index (Phi) is 4.31. The third-order valence-electron chi connectivity index (χ3n) is 3.49. The van der Waals surface area contributed by atoms with E-state index in [0.717, 1.165) is 33.1 Å². The fourth-order valence-corrected chi connectivity index (χ4v) is 4.12. The van der Waals surface area contributed by atoms with Gasteiger partial charge < -0.3 is 9.64 Å². The summed E-state index contributed by atoms with van der Waals surface area (Å²) < 4.78 is 8.56. The van der Waals surface area contributed by atoms with Crippen LogP contribution in [0.1, 0.15) is 6.92 Å². The number of thioether (sulfide) groups is 2. The number of ether oxygens (including phenoxy) is 1. The normalized spacial score (nSPS) is 21.0. The summed E-state index contributed by atoms with van der Waals surface area (Å²) in [6.45, 7) is 2.89. The molecule has 4 nitrogen and oxygen atoms in total. The van der Waals surface area contributed by atoms with Crippen molar-refractivity contribution in [2.45, 2.75) is 6.92 Å². The van der Waals surface area contributed by atoms with Crippen LogP contribution in [0.25, 0.3) is 0 Å². The van der Waals surface area contributed by atoms with E-state index in [2.05, 4.69) is 11.8 Å². The van der Waals surface area contributed by atoms with Gasteiger partial charge in [0.05, 0.1) is 5.69 Å².